The standard InChI is InChI=1S/C17H22N4O3S/c1-4-21(14-8-6-5-7-9-14)25(23,24)15-10-11-16(19-12-15)20(3)13-17(22)18-2/h5-12H,4,13H2,1-3H3,(H,18,22). The fourth-order valence-corrected chi connectivity index (χ4v) is 3.76. The van der Waals surface area contributed by atoms with Crippen molar-refractivity contribution in [2.75, 3.05) is 36.4 Å². The number of sulfonamides is 1. The van der Waals surface area contributed by atoms with E-state index in [-0.39, 0.29) is 17.3 Å². The number of aromatic nitrogens is 1. The van der Waals surface area contributed by atoms with Crippen molar-refractivity contribution < 1.29 is 13.2 Å². The topological polar surface area (TPSA) is 82.6 Å². The number of nitrogens with one attached hydrogen (secondary N) is 1. The van der Waals surface area contributed by atoms with Gasteiger partial charge >= 0.3 is 0 Å². The maximum absolute atomic E-state index is 12.9. The first-order valence-electron chi connectivity index (χ1n) is 7.85. The van der Waals surface area contributed by atoms with Gasteiger partial charge in [-0.1, -0.05) is 18.2 Å². The normalized spacial score (nSPS) is 11.0. The Bertz CT molecular complexity index is 808. The lowest BCUT2D eigenvalue weighted by Crippen LogP contribution is -2.33. The van der Waals surface area contributed by atoms with Crippen LogP contribution in [0.1, 0.15) is 6.92 Å². The van der Waals surface area contributed by atoms with Crippen LogP contribution in [0.15, 0.2) is 53.6 Å². The van der Waals surface area contributed by atoms with Crippen LogP contribution in [0.4, 0.5) is 11.5 Å². The molecule has 1 amide bonds. The minimum absolute atomic E-state index is 0.107. The predicted molar refractivity (Wildman–Crippen MR) is 98.2 cm³/mol. The molecule has 2 aromatic rings. The molecule has 0 radical (unpaired) electrons. The molecule has 0 saturated heterocycles. The van der Waals surface area contributed by atoms with Crippen LogP contribution in [0.5, 0.6) is 0 Å². The number of anilines is 2. The molecular formula is C17H22N4O3S. The van der Waals surface area contributed by atoms with Gasteiger partial charge < -0.3 is 10.2 Å². The van der Waals surface area contributed by atoms with E-state index in [2.05, 4.69) is 10.3 Å². The van der Waals surface area contributed by atoms with E-state index in [1.54, 1.807) is 56.3 Å². The van der Waals surface area contributed by atoms with Crippen LogP contribution in [-0.4, -0.2) is 46.5 Å². The van der Waals surface area contributed by atoms with Gasteiger partial charge in [-0.25, -0.2) is 13.4 Å². The van der Waals surface area contributed by atoms with Crippen molar-refractivity contribution in [3.05, 3.63) is 48.7 Å². The molecule has 2 rings (SSSR count). The highest BCUT2D eigenvalue weighted by Crippen LogP contribution is 2.23. The Kier molecular flexibility index (Phi) is 5.97. The number of rotatable bonds is 7. The highest BCUT2D eigenvalue weighted by molar-refractivity contribution is 7.92. The fraction of sp³-hybridized carbons (Fsp3) is 0.294. The zero-order valence-electron chi connectivity index (χ0n) is 14.5. The second-order valence-corrected chi connectivity index (χ2v) is 7.25. The van der Waals surface area contributed by atoms with Crippen molar-refractivity contribution in [1.29, 1.82) is 0 Å². The van der Waals surface area contributed by atoms with Crippen LogP contribution in [0.3, 0.4) is 0 Å². The van der Waals surface area contributed by atoms with E-state index in [1.165, 1.54) is 16.6 Å². The number of likely N-dealkylation sites (N-methyl/N-ethyl adjacent to an activating group) is 2. The van der Waals surface area contributed by atoms with Crippen LogP contribution in [-0.2, 0) is 14.8 Å². The highest BCUT2D eigenvalue weighted by Gasteiger charge is 2.24. The van der Waals surface area contributed by atoms with E-state index in [0.717, 1.165) is 0 Å². The minimum atomic E-state index is -3.70. The second-order valence-electron chi connectivity index (χ2n) is 5.39. The van der Waals surface area contributed by atoms with Crippen LogP contribution in [0.2, 0.25) is 0 Å². The molecule has 134 valence electrons. The number of benzene rings is 1. The van der Waals surface area contributed by atoms with Gasteiger partial charge in [0.1, 0.15) is 10.7 Å². The number of nitrogens with zero attached hydrogens (tertiary/aromatic N) is 3. The Labute approximate surface area is 148 Å². The Balaban J connectivity index is 2.26. The summed E-state index contributed by atoms with van der Waals surface area (Å²) in [6, 6.07) is 12.0. The number of hydrogen-bond acceptors (Lipinski definition) is 5. The number of carbonyl (C=O) groups excluding carboxylic acids is 1. The Morgan fingerprint density at radius 3 is 2.36 bits per heavy atom. The van der Waals surface area contributed by atoms with E-state index in [9.17, 15) is 13.2 Å². The summed E-state index contributed by atoms with van der Waals surface area (Å²) in [6.45, 7) is 2.23. The third kappa shape index (κ3) is 4.27. The summed E-state index contributed by atoms with van der Waals surface area (Å²) in [5.74, 6) is 0.368. The van der Waals surface area contributed by atoms with E-state index < -0.39 is 10.0 Å². The molecule has 0 atom stereocenters. The van der Waals surface area contributed by atoms with Crippen LogP contribution < -0.4 is 14.5 Å². The van der Waals surface area contributed by atoms with Gasteiger partial charge in [-0.2, -0.15) is 0 Å². The largest absolute Gasteiger partial charge is 0.358 e. The SMILES string of the molecule is CCN(c1ccccc1)S(=O)(=O)c1ccc(N(C)CC(=O)NC)nc1. The molecule has 0 aliphatic rings. The molecule has 0 saturated carbocycles. The molecule has 1 aromatic carbocycles. The third-order valence-corrected chi connectivity index (χ3v) is 5.58. The van der Waals surface area contributed by atoms with Gasteiger partial charge in [0.15, 0.2) is 0 Å². The summed E-state index contributed by atoms with van der Waals surface area (Å²) in [5.41, 5.74) is 0.603. The molecule has 0 aliphatic carbocycles. The zero-order chi connectivity index (χ0) is 18.4. The first-order chi connectivity index (χ1) is 11.9. The summed E-state index contributed by atoms with van der Waals surface area (Å²) in [5, 5.41) is 2.53. The first kappa shape index (κ1) is 18.7. The predicted octanol–water partition coefficient (Wildman–Crippen LogP) is 1.48. The number of carbonyl (C=O) groups is 1. The number of para-hydroxylation sites is 1. The molecule has 0 fully saturated rings. The van der Waals surface area contributed by atoms with Crippen LogP contribution in [0, 0.1) is 0 Å². The Morgan fingerprint density at radius 2 is 1.84 bits per heavy atom. The average Bonchev–Trinajstić information content (AvgIpc) is 2.63. The van der Waals surface area contributed by atoms with Crippen molar-refractivity contribution >= 4 is 27.4 Å². The van der Waals surface area contributed by atoms with Crippen molar-refractivity contribution in [3.8, 4) is 0 Å². The Morgan fingerprint density at radius 1 is 1.16 bits per heavy atom. The molecule has 0 bridgehead atoms. The lowest BCUT2D eigenvalue weighted by Gasteiger charge is -2.23. The summed E-state index contributed by atoms with van der Waals surface area (Å²) in [6.07, 6.45) is 1.32. The van der Waals surface area contributed by atoms with Crippen molar-refractivity contribution in [2.24, 2.45) is 0 Å². The molecule has 25 heavy (non-hydrogen) atoms. The second kappa shape index (κ2) is 7.98. The molecular weight excluding hydrogens is 340 g/mol. The average molecular weight is 362 g/mol. The monoisotopic (exact) mass is 362 g/mol. The molecule has 0 unspecified atom stereocenters. The van der Waals surface area contributed by atoms with Gasteiger partial charge in [-0.05, 0) is 31.2 Å². The summed E-state index contributed by atoms with van der Waals surface area (Å²) in [7, 11) is -0.427. The minimum Gasteiger partial charge on any atom is -0.358 e. The van der Waals surface area contributed by atoms with Gasteiger partial charge in [0.25, 0.3) is 10.0 Å². The summed E-state index contributed by atoms with van der Waals surface area (Å²) >= 11 is 0. The smallest absolute Gasteiger partial charge is 0.265 e. The van der Waals surface area contributed by atoms with E-state index >= 15 is 0 Å². The van der Waals surface area contributed by atoms with Gasteiger partial charge in [-0.15, -0.1) is 0 Å². The van der Waals surface area contributed by atoms with Crippen LogP contribution >= 0.6 is 0 Å². The quantitative estimate of drug-likeness (QED) is 0.807. The van der Waals surface area contributed by atoms with Crippen LogP contribution in [0.25, 0.3) is 0 Å². The summed E-state index contributed by atoms with van der Waals surface area (Å²) < 4.78 is 27.1. The van der Waals surface area contributed by atoms with Gasteiger partial charge in [0, 0.05) is 26.8 Å². The van der Waals surface area contributed by atoms with Crippen molar-refractivity contribution in [2.45, 2.75) is 11.8 Å². The molecule has 7 nitrogen and oxygen atoms in total. The molecule has 0 aliphatic heterocycles. The first-order valence-corrected chi connectivity index (χ1v) is 9.29. The lowest BCUT2D eigenvalue weighted by atomic mass is 10.3. The number of amides is 1. The van der Waals surface area contributed by atoms with Gasteiger partial charge in [-0.3, -0.25) is 9.10 Å². The maximum atomic E-state index is 12.9. The highest BCUT2D eigenvalue weighted by atomic mass is 32.2. The third-order valence-electron chi connectivity index (χ3n) is 3.69. The zero-order valence-corrected chi connectivity index (χ0v) is 15.3. The number of pyridine rings is 1. The molecule has 0 spiro atoms. The van der Waals surface area contributed by atoms with E-state index in [4.69, 9.17) is 0 Å². The molecule has 1 aromatic heterocycles. The Hall–Kier alpha value is -2.61. The maximum Gasteiger partial charge on any atom is 0.265 e. The molecule has 1 N–H and O–H groups in total. The lowest BCUT2D eigenvalue weighted by molar-refractivity contribution is -0.119. The van der Waals surface area contributed by atoms with E-state index in [1.807, 2.05) is 6.07 Å². The molecule has 8 heteroatoms. The van der Waals surface area contributed by atoms with Crippen molar-refractivity contribution in [3.63, 3.8) is 0 Å². The van der Waals surface area contributed by atoms with Gasteiger partial charge in [0.05, 0.1) is 12.2 Å². The molecule has 1 heterocycles. The van der Waals surface area contributed by atoms with Gasteiger partial charge in [0.2, 0.25) is 5.91 Å². The van der Waals surface area contributed by atoms with E-state index in [0.29, 0.717) is 18.1 Å². The number of hydrogen-bond donors (Lipinski definition) is 1. The summed E-state index contributed by atoms with van der Waals surface area (Å²) in [4.78, 5) is 17.4. The van der Waals surface area contributed by atoms with Crippen molar-refractivity contribution in [1.82, 2.24) is 10.3 Å². The fourth-order valence-electron chi connectivity index (χ4n) is 2.34.